The number of pyridine rings is 2. The van der Waals surface area contributed by atoms with Crippen molar-refractivity contribution in [1.82, 2.24) is 14.9 Å². The maximum atomic E-state index is 12.3. The maximum absolute atomic E-state index is 12.3. The lowest BCUT2D eigenvalue weighted by Crippen LogP contribution is -2.43. The number of hydrogen-bond donors (Lipinski definition) is 1. The molecule has 0 bridgehead atoms. The van der Waals surface area contributed by atoms with Gasteiger partial charge in [-0.05, 0) is 37.1 Å². The zero-order valence-corrected chi connectivity index (χ0v) is 13.8. The summed E-state index contributed by atoms with van der Waals surface area (Å²) < 4.78 is 5.88. The highest BCUT2D eigenvalue weighted by atomic mass is 16.5. The molecule has 25 heavy (non-hydrogen) atoms. The highest BCUT2D eigenvalue weighted by Gasteiger charge is 2.23. The predicted octanol–water partition coefficient (Wildman–Crippen LogP) is 2.56. The minimum atomic E-state index is -0.158. The lowest BCUT2D eigenvalue weighted by Gasteiger charge is -2.31. The molecule has 2 amide bonds. The molecular formula is C18H19N5O2. The summed E-state index contributed by atoms with van der Waals surface area (Å²) in [5.74, 6) is 0. The quantitative estimate of drug-likeness (QED) is 0.926. The van der Waals surface area contributed by atoms with Crippen molar-refractivity contribution >= 4 is 11.7 Å². The molecule has 3 heterocycles. The molecule has 3 rings (SSSR count). The number of nitrogens with one attached hydrogen (secondary N) is 1. The van der Waals surface area contributed by atoms with E-state index in [1.807, 2.05) is 24.3 Å². The van der Waals surface area contributed by atoms with Gasteiger partial charge in [0.2, 0.25) is 0 Å². The number of carbonyl (C=O) groups is 1. The van der Waals surface area contributed by atoms with Gasteiger partial charge in [0.25, 0.3) is 0 Å². The van der Waals surface area contributed by atoms with Crippen LogP contribution in [0.2, 0.25) is 0 Å². The number of carbonyl (C=O) groups excluding carboxylic acids is 1. The molecule has 1 aliphatic rings. The number of likely N-dealkylation sites (tertiary alicyclic amines) is 1. The fourth-order valence-corrected chi connectivity index (χ4v) is 2.65. The maximum Gasteiger partial charge on any atom is 0.321 e. The Labute approximate surface area is 146 Å². The zero-order chi connectivity index (χ0) is 17.5. The van der Waals surface area contributed by atoms with Gasteiger partial charge in [-0.2, -0.15) is 5.26 Å². The van der Waals surface area contributed by atoms with Gasteiger partial charge in [0.1, 0.15) is 11.8 Å². The Kier molecular flexibility index (Phi) is 5.54. The van der Waals surface area contributed by atoms with Crippen LogP contribution in [0, 0.1) is 11.3 Å². The summed E-state index contributed by atoms with van der Waals surface area (Å²) in [6.07, 6.45) is 4.98. The molecule has 128 valence electrons. The van der Waals surface area contributed by atoms with Crippen molar-refractivity contribution in [1.29, 1.82) is 5.26 Å². The number of urea groups is 1. The molecule has 0 aromatic carbocycles. The number of nitrogens with zero attached hydrogens (tertiary/aromatic N) is 4. The van der Waals surface area contributed by atoms with Crippen molar-refractivity contribution in [2.45, 2.75) is 25.6 Å². The summed E-state index contributed by atoms with van der Waals surface area (Å²) in [5, 5.41) is 11.5. The molecule has 0 saturated carbocycles. The van der Waals surface area contributed by atoms with E-state index in [1.54, 1.807) is 23.2 Å². The summed E-state index contributed by atoms with van der Waals surface area (Å²) in [6, 6.07) is 10.8. The molecule has 0 radical (unpaired) electrons. The van der Waals surface area contributed by atoms with Crippen LogP contribution in [0.1, 0.15) is 24.2 Å². The van der Waals surface area contributed by atoms with E-state index in [0.29, 0.717) is 31.1 Å². The third kappa shape index (κ3) is 4.75. The zero-order valence-electron chi connectivity index (χ0n) is 13.8. The number of amides is 2. The summed E-state index contributed by atoms with van der Waals surface area (Å²) in [4.78, 5) is 22.2. The smallest absolute Gasteiger partial charge is 0.321 e. The highest BCUT2D eigenvalue weighted by Crippen LogP contribution is 2.16. The largest absolute Gasteiger partial charge is 0.372 e. The minimum absolute atomic E-state index is 0.141. The highest BCUT2D eigenvalue weighted by molar-refractivity contribution is 5.89. The van der Waals surface area contributed by atoms with Gasteiger partial charge in [-0.3, -0.25) is 4.98 Å². The van der Waals surface area contributed by atoms with Gasteiger partial charge >= 0.3 is 6.03 Å². The van der Waals surface area contributed by atoms with Crippen LogP contribution in [-0.2, 0) is 11.3 Å². The van der Waals surface area contributed by atoms with Crippen LogP contribution < -0.4 is 5.32 Å². The molecular weight excluding hydrogens is 318 g/mol. The second-order valence-electron chi connectivity index (χ2n) is 5.79. The number of piperidine rings is 1. The van der Waals surface area contributed by atoms with Crippen LogP contribution in [0.15, 0.2) is 42.7 Å². The van der Waals surface area contributed by atoms with Crippen LogP contribution in [-0.4, -0.2) is 40.1 Å². The van der Waals surface area contributed by atoms with Crippen molar-refractivity contribution in [3.63, 3.8) is 0 Å². The van der Waals surface area contributed by atoms with Crippen molar-refractivity contribution in [3.05, 3.63) is 54.1 Å². The van der Waals surface area contributed by atoms with E-state index in [-0.39, 0.29) is 12.1 Å². The fourth-order valence-electron chi connectivity index (χ4n) is 2.65. The first-order chi connectivity index (χ1) is 12.2. The third-order valence-electron chi connectivity index (χ3n) is 4.05. The minimum Gasteiger partial charge on any atom is -0.372 e. The third-order valence-corrected chi connectivity index (χ3v) is 4.05. The van der Waals surface area contributed by atoms with Crippen LogP contribution in [0.4, 0.5) is 10.5 Å². The molecule has 7 heteroatoms. The first-order valence-electron chi connectivity index (χ1n) is 8.18. The Morgan fingerprint density at radius 3 is 2.76 bits per heavy atom. The van der Waals surface area contributed by atoms with Gasteiger partial charge in [0.15, 0.2) is 0 Å². The van der Waals surface area contributed by atoms with E-state index in [2.05, 4.69) is 15.3 Å². The second-order valence-corrected chi connectivity index (χ2v) is 5.79. The number of anilines is 1. The van der Waals surface area contributed by atoms with Crippen molar-refractivity contribution in [2.24, 2.45) is 0 Å². The molecule has 7 nitrogen and oxygen atoms in total. The van der Waals surface area contributed by atoms with Gasteiger partial charge in [0, 0.05) is 19.3 Å². The Morgan fingerprint density at radius 2 is 2.12 bits per heavy atom. The lowest BCUT2D eigenvalue weighted by atomic mass is 10.1. The summed E-state index contributed by atoms with van der Waals surface area (Å²) in [5.41, 5.74) is 1.82. The topological polar surface area (TPSA) is 91.1 Å². The Morgan fingerprint density at radius 1 is 1.28 bits per heavy atom. The standard InChI is InChI=1S/C18H19N5O2/c19-11-14-4-5-15(12-21-14)22-18(24)23-9-6-17(7-10-23)25-13-16-3-1-2-8-20-16/h1-5,8,12,17H,6-7,9-10,13H2,(H,22,24). The van der Waals surface area contributed by atoms with Crippen LogP contribution in [0.25, 0.3) is 0 Å². The predicted molar refractivity (Wildman–Crippen MR) is 91.6 cm³/mol. The van der Waals surface area contributed by atoms with Gasteiger partial charge in [-0.25, -0.2) is 9.78 Å². The Bertz CT molecular complexity index is 734. The van der Waals surface area contributed by atoms with Gasteiger partial charge in [-0.1, -0.05) is 6.07 Å². The number of hydrogen-bond acceptors (Lipinski definition) is 5. The fraction of sp³-hybridized carbons (Fsp3) is 0.333. The number of nitriles is 1. The monoisotopic (exact) mass is 337 g/mol. The molecule has 1 fully saturated rings. The van der Waals surface area contributed by atoms with Crippen molar-refractivity contribution in [2.75, 3.05) is 18.4 Å². The molecule has 2 aromatic heterocycles. The van der Waals surface area contributed by atoms with E-state index in [1.165, 1.54) is 6.20 Å². The number of rotatable bonds is 4. The first kappa shape index (κ1) is 16.9. The molecule has 1 saturated heterocycles. The van der Waals surface area contributed by atoms with Crippen molar-refractivity contribution < 1.29 is 9.53 Å². The van der Waals surface area contributed by atoms with Crippen molar-refractivity contribution in [3.8, 4) is 6.07 Å². The second kappa shape index (κ2) is 8.22. The van der Waals surface area contributed by atoms with E-state index < -0.39 is 0 Å². The van der Waals surface area contributed by atoms with Crippen LogP contribution >= 0.6 is 0 Å². The van der Waals surface area contributed by atoms with E-state index in [0.717, 1.165) is 18.5 Å². The van der Waals surface area contributed by atoms with E-state index >= 15 is 0 Å². The molecule has 0 aliphatic carbocycles. The first-order valence-corrected chi connectivity index (χ1v) is 8.18. The van der Waals surface area contributed by atoms with Gasteiger partial charge in [-0.15, -0.1) is 0 Å². The molecule has 1 aliphatic heterocycles. The van der Waals surface area contributed by atoms with E-state index in [9.17, 15) is 4.79 Å². The number of aromatic nitrogens is 2. The molecule has 0 spiro atoms. The van der Waals surface area contributed by atoms with Crippen LogP contribution in [0.5, 0.6) is 0 Å². The Balaban J connectivity index is 1.43. The average molecular weight is 337 g/mol. The van der Waals surface area contributed by atoms with Crippen LogP contribution in [0.3, 0.4) is 0 Å². The summed E-state index contributed by atoms with van der Waals surface area (Å²) in [7, 11) is 0. The summed E-state index contributed by atoms with van der Waals surface area (Å²) in [6.45, 7) is 1.78. The molecule has 2 aromatic rings. The normalized spacial score (nSPS) is 14.8. The van der Waals surface area contributed by atoms with E-state index in [4.69, 9.17) is 10.00 Å². The molecule has 0 unspecified atom stereocenters. The lowest BCUT2D eigenvalue weighted by molar-refractivity contribution is 0.00399. The molecule has 0 atom stereocenters. The van der Waals surface area contributed by atoms with Gasteiger partial charge < -0.3 is 15.0 Å². The molecule has 1 N–H and O–H groups in total. The Hall–Kier alpha value is -2.98. The SMILES string of the molecule is N#Cc1ccc(NC(=O)N2CCC(OCc3ccccn3)CC2)cn1. The number of ether oxygens (including phenoxy) is 1. The van der Waals surface area contributed by atoms with Gasteiger partial charge in [0.05, 0.1) is 30.3 Å². The summed E-state index contributed by atoms with van der Waals surface area (Å²) >= 11 is 0. The average Bonchev–Trinajstić information content (AvgIpc) is 2.68.